The van der Waals surface area contributed by atoms with Crippen LogP contribution in [0.25, 0.3) is 0 Å². The molecule has 1 aliphatic rings. The van der Waals surface area contributed by atoms with Gasteiger partial charge in [-0.15, -0.1) is 0 Å². The summed E-state index contributed by atoms with van der Waals surface area (Å²) in [5, 5.41) is 0. The van der Waals surface area contributed by atoms with Crippen LogP contribution in [0.15, 0.2) is 42.7 Å². The first-order valence-electron chi connectivity index (χ1n) is 9.04. The fourth-order valence-corrected chi connectivity index (χ4v) is 3.05. The molecular weight excluding hydrogens is 314 g/mol. The second-order valence-corrected chi connectivity index (χ2v) is 6.43. The first kappa shape index (κ1) is 17.4. The lowest BCUT2D eigenvalue weighted by Crippen LogP contribution is -2.44. The number of nitrogens with zero attached hydrogens (tertiary/aromatic N) is 3. The zero-order valence-corrected chi connectivity index (χ0v) is 14.7. The van der Waals surface area contributed by atoms with E-state index in [9.17, 15) is 4.79 Å². The van der Waals surface area contributed by atoms with E-state index in [1.807, 2.05) is 23.1 Å². The van der Waals surface area contributed by atoms with Gasteiger partial charge in [-0.1, -0.05) is 37.3 Å². The number of amides is 1. The molecule has 1 fully saturated rings. The maximum absolute atomic E-state index is 12.5. The number of carbonyl (C=O) groups is 1. The topological polar surface area (TPSA) is 55.3 Å². The van der Waals surface area contributed by atoms with Crippen LogP contribution in [0.2, 0.25) is 0 Å². The van der Waals surface area contributed by atoms with Gasteiger partial charge in [0.25, 0.3) is 0 Å². The average Bonchev–Trinajstić information content (AvgIpc) is 2.68. The molecule has 1 amide bonds. The van der Waals surface area contributed by atoms with Crippen molar-refractivity contribution < 1.29 is 9.53 Å². The fourth-order valence-electron chi connectivity index (χ4n) is 3.05. The summed E-state index contributed by atoms with van der Waals surface area (Å²) in [5.74, 6) is 0.194. The van der Waals surface area contributed by atoms with E-state index in [0.717, 1.165) is 37.8 Å². The Morgan fingerprint density at radius 1 is 1.20 bits per heavy atom. The van der Waals surface area contributed by atoms with Crippen LogP contribution in [0.1, 0.15) is 37.3 Å². The van der Waals surface area contributed by atoms with Crippen molar-refractivity contribution in [1.82, 2.24) is 14.9 Å². The Morgan fingerprint density at radius 3 is 2.68 bits per heavy atom. The van der Waals surface area contributed by atoms with Crippen LogP contribution in [-0.4, -0.2) is 40.0 Å². The van der Waals surface area contributed by atoms with Crippen molar-refractivity contribution in [2.45, 2.75) is 45.1 Å². The maximum atomic E-state index is 12.5. The largest absolute Gasteiger partial charge is 0.458 e. The summed E-state index contributed by atoms with van der Waals surface area (Å²) in [4.78, 5) is 22.9. The van der Waals surface area contributed by atoms with Crippen molar-refractivity contribution in [3.8, 4) is 6.01 Å². The zero-order valence-electron chi connectivity index (χ0n) is 14.7. The van der Waals surface area contributed by atoms with Crippen LogP contribution in [-0.2, 0) is 17.6 Å². The first-order chi connectivity index (χ1) is 12.2. The van der Waals surface area contributed by atoms with E-state index in [2.05, 4.69) is 29.0 Å². The summed E-state index contributed by atoms with van der Waals surface area (Å²) in [5.41, 5.74) is 2.29. The Morgan fingerprint density at radius 2 is 1.96 bits per heavy atom. The van der Waals surface area contributed by atoms with E-state index >= 15 is 0 Å². The maximum Gasteiger partial charge on any atom is 0.316 e. The Labute approximate surface area is 149 Å². The van der Waals surface area contributed by atoms with E-state index in [-0.39, 0.29) is 12.0 Å². The van der Waals surface area contributed by atoms with Gasteiger partial charge in [-0.05, 0) is 36.8 Å². The second-order valence-electron chi connectivity index (χ2n) is 6.43. The smallest absolute Gasteiger partial charge is 0.316 e. The highest BCUT2D eigenvalue weighted by Crippen LogP contribution is 2.17. The minimum atomic E-state index is -0.0260. The molecule has 5 nitrogen and oxygen atoms in total. The van der Waals surface area contributed by atoms with Gasteiger partial charge in [0.15, 0.2) is 0 Å². The molecule has 1 unspecified atom stereocenters. The number of aromatic nitrogens is 2. The van der Waals surface area contributed by atoms with Gasteiger partial charge >= 0.3 is 6.01 Å². The number of rotatable bonds is 6. The van der Waals surface area contributed by atoms with E-state index in [4.69, 9.17) is 4.74 Å². The standard InChI is InChI=1S/C20H25N3O2/c1-2-16-13-21-20(22-14-16)25-18-9-6-12-23(15-18)19(24)11-10-17-7-4-3-5-8-17/h3-5,7-8,13-14,18H,2,6,9-12,15H2,1H3. The lowest BCUT2D eigenvalue weighted by molar-refractivity contribution is -0.133. The lowest BCUT2D eigenvalue weighted by atomic mass is 10.1. The van der Waals surface area contributed by atoms with Gasteiger partial charge in [0, 0.05) is 25.4 Å². The number of aryl methyl sites for hydroxylation is 2. The Hall–Kier alpha value is -2.43. The normalized spacial score (nSPS) is 17.3. The number of hydrogen-bond donors (Lipinski definition) is 0. The van der Waals surface area contributed by atoms with Crippen molar-refractivity contribution >= 4 is 5.91 Å². The van der Waals surface area contributed by atoms with E-state index < -0.39 is 0 Å². The van der Waals surface area contributed by atoms with Gasteiger partial charge in [-0.2, -0.15) is 0 Å². The predicted molar refractivity (Wildman–Crippen MR) is 96.4 cm³/mol. The summed E-state index contributed by atoms with van der Waals surface area (Å²) in [6, 6.07) is 10.5. The number of piperidine rings is 1. The molecule has 5 heteroatoms. The lowest BCUT2D eigenvalue weighted by Gasteiger charge is -2.32. The minimum absolute atomic E-state index is 0.0260. The van der Waals surface area contributed by atoms with Crippen molar-refractivity contribution in [3.05, 3.63) is 53.9 Å². The van der Waals surface area contributed by atoms with Gasteiger partial charge in [-0.25, -0.2) is 9.97 Å². The average molecular weight is 339 g/mol. The molecule has 0 spiro atoms. The molecule has 2 heterocycles. The summed E-state index contributed by atoms with van der Waals surface area (Å²) >= 11 is 0. The summed E-state index contributed by atoms with van der Waals surface area (Å²) in [6.45, 7) is 3.49. The van der Waals surface area contributed by atoms with E-state index in [1.165, 1.54) is 5.56 Å². The molecule has 0 N–H and O–H groups in total. The predicted octanol–water partition coefficient (Wildman–Crippen LogP) is 3.04. The van der Waals surface area contributed by atoms with Crippen LogP contribution in [0.5, 0.6) is 6.01 Å². The molecule has 0 bridgehead atoms. The molecule has 1 aromatic heterocycles. The SMILES string of the molecule is CCc1cnc(OC2CCCN(C(=O)CCc3ccccc3)C2)nc1. The number of benzene rings is 1. The molecule has 0 saturated carbocycles. The Balaban J connectivity index is 1.50. The van der Waals surface area contributed by atoms with E-state index in [1.54, 1.807) is 12.4 Å². The van der Waals surface area contributed by atoms with Gasteiger partial charge < -0.3 is 9.64 Å². The monoisotopic (exact) mass is 339 g/mol. The molecule has 1 aliphatic heterocycles. The number of ether oxygens (including phenoxy) is 1. The van der Waals surface area contributed by atoms with Crippen molar-refractivity contribution in [3.63, 3.8) is 0 Å². The zero-order chi connectivity index (χ0) is 17.5. The van der Waals surface area contributed by atoms with Crippen LogP contribution in [0.3, 0.4) is 0 Å². The fraction of sp³-hybridized carbons (Fsp3) is 0.450. The minimum Gasteiger partial charge on any atom is -0.458 e. The van der Waals surface area contributed by atoms with Crippen LogP contribution < -0.4 is 4.74 Å². The molecule has 1 saturated heterocycles. The molecule has 2 aromatic rings. The summed E-state index contributed by atoms with van der Waals surface area (Å²) < 4.78 is 5.88. The molecule has 132 valence electrons. The highest BCUT2D eigenvalue weighted by Gasteiger charge is 2.25. The van der Waals surface area contributed by atoms with Gasteiger partial charge in [0.05, 0.1) is 6.54 Å². The summed E-state index contributed by atoms with van der Waals surface area (Å²) in [6.07, 6.45) is 7.69. The second kappa shape index (κ2) is 8.60. The molecule has 1 atom stereocenters. The number of likely N-dealkylation sites (tertiary alicyclic amines) is 1. The molecule has 1 aromatic carbocycles. The molecule has 0 radical (unpaired) electrons. The molecule has 0 aliphatic carbocycles. The third-order valence-corrected chi connectivity index (χ3v) is 4.56. The van der Waals surface area contributed by atoms with E-state index in [0.29, 0.717) is 19.0 Å². The number of carbonyl (C=O) groups excluding carboxylic acids is 1. The van der Waals surface area contributed by atoms with Crippen LogP contribution in [0, 0.1) is 0 Å². The van der Waals surface area contributed by atoms with Crippen LogP contribution in [0.4, 0.5) is 0 Å². The highest BCUT2D eigenvalue weighted by molar-refractivity contribution is 5.76. The number of hydrogen-bond acceptors (Lipinski definition) is 4. The van der Waals surface area contributed by atoms with Gasteiger partial charge in [0.1, 0.15) is 6.10 Å². The van der Waals surface area contributed by atoms with Crippen molar-refractivity contribution in [2.75, 3.05) is 13.1 Å². The Kier molecular flexibility index (Phi) is 5.99. The molecular formula is C20H25N3O2. The van der Waals surface area contributed by atoms with Crippen molar-refractivity contribution in [1.29, 1.82) is 0 Å². The molecule has 25 heavy (non-hydrogen) atoms. The van der Waals surface area contributed by atoms with Gasteiger partial charge in [0.2, 0.25) is 5.91 Å². The Bertz CT molecular complexity index is 673. The quantitative estimate of drug-likeness (QED) is 0.812. The molecule has 3 rings (SSSR count). The van der Waals surface area contributed by atoms with Crippen LogP contribution >= 0.6 is 0 Å². The van der Waals surface area contributed by atoms with Crippen molar-refractivity contribution in [2.24, 2.45) is 0 Å². The first-order valence-corrected chi connectivity index (χ1v) is 9.04. The third kappa shape index (κ3) is 5.02. The third-order valence-electron chi connectivity index (χ3n) is 4.56. The highest BCUT2D eigenvalue weighted by atomic mass is 16.5. The summed E-state index contributed by atoms with van der Waals surface area (Å²) in [7, 11) is 0. The van der Waals surface area contributed by atoms with Gasteiger partial charge in [-0.3, -0.25) is 4.79 Å².